The monoisotopic (exact) mass is 347 g/mol. The number of halogens is 1. The first-order chi connectivity index (χ1) is 11.6. The smallest absolute Gasteiger partial charge is 0.307 e. The van der Waals surface area contributed by atoms with Gasteiger partial charge in [-0.15, -0.1) is 0 Å². The molecule has 0 atom stereocenters. The van der Waals surface area contributed by atoms with Crippen LogP contribution in [0.5, 0.6) is 0 Å². The normalized spacial score (nSPS) is 10.8. The molecule has 0 saturated carbocycles. The number of carbonyl (C=O) groups is 2. The van der Waals surface area contributed by atoms with Crippen LogP contribution in [0.15, 0.2) is 53.2 Å². The van der Waals surface area contributed by atoms with Gasteiger partial charge >= 0.3 is 5.97 Å². The number of carbonyl (C=O) groups excluding carboxylic acids is 2. The largest absolute Gasteiger partial charge is 0.469 e. The van der Waals surface area contributed by atoms with Gasteiger partial charge in [0, 0.05) is 24.2 Å². The minimum absolute atomic E-state index is 0.129. The maximum Gasteiger partial charge on any atom is 0.307 e. The summed E-state index contributed by atoms with van der Waals surface area (Å²) in [5, 5.41) is 0.629. The lowest BCUT2D eigenvalue weighted by Gasteiger charge is -2.21. The van der Waals surface area contributed by atoms with E-state index in [1.165, 1.54) is 19.4 Å². The molecule has 0 unspecified atom stereocenters. The Labute approximate surface area is 145 Å². The highest BCUT2D eigenvalue weighted by atomic mass is 35.5. The number of hydrogen-bond acceptors (Lipinski definition) is 4. The van der Waals surface area contributed by atoms with Gasteiger partial charge in [0.1, 0.15) is 5.76 Å². The third kappa shape index (κ3) is 5.59. The van der Waals surface area contributed by atoms with Crippen LogP contribution in [0.25, 0.3) is 6.08 Å². The van der Waals surface area contributed by atoms with E-state index in [-0.39, 0.29) is 24.8 Å². The first-order valence-corrected chi connectivity index (χ1v) is 7.78. The van der Waals surface area contributed by atoms with Gasteiger partial charge in [-0.25, -0.2) is 0 Å². The second kappa shape index (κ2) is 8.93. The molecule has 0 aliphatic rings. The molecule has 2 rings (SSSR count). The van der Waals surface area contributed by atoms with E-state index in [2.05, 4.69) is 4.74 Å². The zero-order valence-corrected chi connectivity index (χ0v) is 14.0. The number of methoxy groups -OCH3 is 1. The van der Waals surface area contributed by atoms with E-state index in [9.17, 15) is 9.59 Å². The molecule has 1 heterocycles. The molecule has 0 bridgehead atoms. The topological polar surface area (TPSA) is 59.8 Å². The van der Waals surface area contributed by atoms with Crippen LogP contribution in [0, 0.1) is 0 Å². The van der Waals surface area contributed by atoms with Gasteiger partial charge in [0.15, 0.2) is 0 Å². The van der Waals surface area contributed by atoms with E-state index in [1.807, 2.05) is 12.1 Å². The summed E-state index contributed by atoms with van der Waals surface area (Å²) in [4.78, 5) is 25.4. The number of hydrogen-bond donors (Lipinski definition) is 0. The Morgan fingerprint density at radius 3 is 2.62 bits per heavy atom. The van der Waals surface area contributed by atoms with E-state index in [0.29, 0.717) is 17.3 Å². The lowest BCUT2D eigenvalue weighted by Crippen LogP contribution is -2.31. The van der Waals surface area contributed by atoms with Crippen molar-refractivity contribution in [2.24, 2.45) is 0 Å². The second-order valence-corrected chi connectivity index (χ2v) is 5.50. The minimum atomic E-state index is -0.362. The van der Waals surface area contributed by atoms with Crippen molar-refractivity contribution in [1.82, 2.24) is 4.90 Å². The summed E-state index contributed by atoms with van der Waals surface area (Å²) >= 11 is 5.88. The van der Waals surface area contributed by atoms with Crippen molar-refractivity contribution in [2.45, 2.75) is 13.0 Å². The van der Waals surface area contributed by atoms with Crippen LogP contribution in [0.3, 0.4) is 0 Å². The number of benzene rings is 1. The van der Waals surface area contributed by atoms with Crippen molar-refractivity contribution in [3.8, 4) is 0 Å². The van der Waals surface area contributed by atoms with Crippen LogP contribution >= 0.6 is 11.6 Å². The van der Waals surface area contributed by atoms with Gasteiger partial charge < -0.3 is 14.1 Å². The van der Waals surface area contributed by atoms with Crippen molar-refractivity contribution in [1.29, 1.82) is 0 Å². The van der Waals surface area contributed by atoms with E-state index in [1.54, 1.807) is 35.2 Å². The van der Waals surface area contributed by atoms with Crippen LogP contribution in [0.1, 0.15) is 17.7 Å². The molecule has 1 aromatic carbocycles. The van der Waals surface area contributed by atoms with E-state index < -0.39 is 0 Å². The van der Waals surface area contributed by atoms with Crippen LogP contribution < -0.4 is 0 Å². The van der Waals surface area contributed by atoms with Gasteiger partial charge in [-0.2, -0.15) is 0 Å². The molecule has 5 nitrogen and oxygen atoms in total. The predicted octanol–water partition coefficient (Wildman–Crippen LogP) is 3.54. The molecule has 0 N–H and O–H groups in total. The fourth-order valence-electron chi connectivity index (χ4n) is 2.05. The van der Waals surface area contributed by atoms with Crippen molar-refractivity contribution in [2.75, 3.05) is 13.7 Å². The molecule has 126 valence electrons. The minimum Gasteiger partial charge on any atom is -0.469 e. The summed E-state index contributed by atoms with van der Waals surface area (Å²) in [5.41, 5.74) is 0.920. The van der Waals surface area contributed by atoms with Gasteiger partial charge in [-0.3, -0.25) is 9.59 Å². The molecule has 1 amide bonds. The summed E-state index contributed by atoms with van der Waals surface area (Å²) in [6.45, 7) is 0.631. The van der Waals surface area contributed by atoms with Crippen LogP contribution in [0.4, 0.5) is 0 Å². The lowest BCUT2D eigenvalue weighted by molar-refractivity contribution is -0.141. The standard InChI is InChI=1S/C18H18ClNO4/c1-23-18(22)10-11-20(13-14-4-6-15(19)7-5-14)17(21)9-8-16-3-2-12-24-16/h2-9,12H,10-11,13H2,1H3/b9-8+. The Balaban J connectivity index is 2.07. The van der Waals surface area contributed by atoms with E-state index in [4.69, 9.17) is 16.0 Å². The van der Waals surface area contributed by atoms with Gasteiger partial charge in [-0.05, 0) is 35.9 Å². The van der Waals surface area contributed by atoms with E-state index >= 15 is 0 Å². The summed E-state index contributed by atoms with van der Waals surface area (Å²) in [6, 6.07) is 10.7. The van der Waals surface area contributed by atoms with E-state index in [0.717, 1.165) is 5.56 Å². The Kier molecular flexibility index (Phi) is 6.63. The number of ether oxygens (including phenoxy) is 1. The van der Waals surface area contributed by atoms with Gasteiger partial charge in [0.25, 0.3) is 0 Å². The molecular formula is C18H18ClNO4. The van der Waals surface area contributed by atoms with Crippen molar-refractivity contribution < 1.29 is 18.7 Å². The number of amides is 1. The number of esters is 1. The average Bonchev–Trinajstić information content (AvgIpc) is 3.11. The molecule has 0 aliphatic heterocycles. The Hall–Kier alpha value is -2.53. The molecule has 0 spiro atoms. The maximum absolute atomic E-state index is 12.4. The quantitative estimate of drug-likeness (QED) is 0.568. The Morgan fingerprint density at radius 2 is 2.00 bits per heavy atom. The van der Waals surface area contributed by atoms with Crippen molar-refractivity contribution in [3.05, 3.63) is 65.1 Å². The summed E-state index contributed by atoms with van der Waals surface area (Å²) in [5.74, 6) is 0.00642. The SMILES string of the molecule is COC(=O)CCN(Cc1ccc(Cl)cc1)C(=O)/C=C/c1ccco1. The zero-order valence-electron chi connectivity index (χ0n) is 13.3. The van der Waals surface area contributed by atoms with Crippen LogP contribution in [-0.2, 0) is 20.9 Å². The molecular weight excluding hydrogens is 330 g/mol. The molecule has 1 aromatic heterocycles. The lowest BCUT2D eigenvalue weighted by atomic mass is 10.2. The molecule has 0 radical (unpaired) electrons. The molecule has 24 heavy (non-hydrogen) atoms. The van der Waals surface area contributed by atoms with Crippen LogP contribution in [0.2, 0.25) is 5.02 Å². The average molecular weight is 348 g/mol. The van der Waals surface area contributed by atoms with Gasteiger partial charge in [0.2, 0.25) is 5.91 Å². The van der Waals surface area contributed by atoms with Gasteiger partial charge in [0.05, 0.1) is 19.8 Å². The first-order valence-electron chi connectivity index (χ1n) is 7.40. The van der Waals surface area contributed by atoms with Crippen molar-refractivity contribution >= 4 is 29.6 Å². The second-order valence-electron chi connectivity index (χ2n) is 5.06. The molecule has 0 saturated heterocycles. The Bertz CT molecular complexity index is 692. The third-order valence-corrected chi connectivity index (χ3v) is 3.60. The molecule has 6 heteroatoms. The summed E-state index contributed by atoms with van der Waals surface area (Å²) < 4.78 is 9.80. The first kappa shape index (κ1) is 17.8. The highest BCUT2D eigenvalue weighted by molar-refractivity contribution is 6.30. The van der Waals surface area contributed by atoms with Crippen LogP contribution in [-0.4, -0.2) is 30.4 Å². The highest BCUT2D eigenvalue weighted by Gasteiger charge is 2.14. The van der Waals surface area contributed by atoms with Crippen molar-refractivity contribution in [3.63, 3.8) is 0 Å². The molecule has 0 fully saturated rings. The fraction of sp³-hybridized carbons (Fsp3) is 0.222. The molecule has 2 aromatic rings. The highest BCUT2D eigenvalue weighted by Crippen LogP contribution is 2.13. The molecule has 0 aliphatic carbocycles. The number of furan rings is 1. The summed E-state index contributed by atoms with van der Waals surface area (Å²) in [7, 11) is 1.32. The Morgan fingerprint density at radius 1 is 1.25 bits per heavy atom. The zero-order chi connectivity index (χ0) is 17.4. The third-order valence-electron chi connectivity index (χ3n) is 3.35. The summed E-state index contributed by atoms with van der Waals surface area (Å²) in [6.07, 6.45) is 4.68. The van der Waals surface area contributed by atoms with Gasteiger partial charge in [-0.1, -0.05) is 23.7 Å². The predicted molar refractivity (Wildman–Crippen MR) is 91.2 cm³/mol. The fourth-order valence-corrected chi connectivity index (χ4v) is 2.18. The number of nitrogens with zero attached hydrogens (tertiary/aromatic N) is 1. The maximum atomic E-state index is 12.4. The number of rotatable bonds is 7.